The zero-order valence-corrected chi connectivity index (χ0v) is 17.5. The van der Waals surface area contributed by atoms with E-state index in [4.69, 9.17) is 10.5 Å². The van der Waals surface area contributed by atoms with Crippen molar-refractivity contribution < 1.29 is 9.94 Å². The lowest BCUT2D eigenvalue weighted by Crippen LogP contribution is -2.24. The van der Waals surface area contributed by atoms with Crippen molar-refractivity contribution in [2.45, 2.75) is 97.3 Å². The van der Waals surface area contributed by atoms with Crippen molar-refractivity contribution in [3.63, 3.8) is 0 Å². The van der Waals surface area contributed by atoms with E-state index in [0.717, 1.165) is 24.0 Å². The van der Waals surface area contributed by atoms with Gasteiger partial charge in [0.05, 0.1) is 6.61 Å². The van der Waals surface area contributed by atoms with Crippen molar-refractivity contribution in [1.82, 2.24) is 9.71 Å². The van der Waals surface area contributed by atoms with E-state index in [-0.39, 0.29) is 5.95 Å². The highest BCUT2D eigenvalue weighted by Crippen LogP contribution is 2.11. The zero-order valence-electron chi connectivity index (χ0n) is 17.5. The number of nitrogens with zero attached hydrogens (tertiary/aromatic N) is 3. The molecule has 1 aromatic heterocycles. The van der Waals surface area contributed by atoms with E-state index < -0.39 is 0 Å². The third-order valence-corrected chi connectivity index (χ3v) is 4.69. The molecule has 0 amide bonds. The van der Waals surface area contributed by atoms with Crippen LogP contribution in [0.1, 0.15) is 97.3 Å². The fraction of sp³-hybridized carbons (Fsp3) is 0.810. The Hall–Kier alpha value is -1.72. The molecule has 0 saturated heterocycles. The molecule has 0 saturated carbocycles. The predicted octanol–water partition coefficient (Wildman–Crippen LogP) is 5.09. The first-order valence-electron chi connectivity index (χ1n) is 10.9. The van der Waals surface area contributed by atoms with Gasteiger partial charge in [-0.2, -0.15) is 4.98 Å². The van der Waals surface area contributed by atoms with Crippen LogP contribution >= 0.6 is 0 Å². The Bertz CT molecular complexity index is 558. The summed E-state index contributed by atoms with van der Waals surface area (Å²) in [4.78, 5) is 8.47. The van der Waals surface area contributed by atoms with Crippen LogP contribution in [0.3, 0.4) is 0 Å². The van der Waals surface area contributed by atoms with Crippen LogP contribution in [0.2, 0.25) is 0 Å². The summed E-state index contributed by atoms with van der Waals surface area (Å²) in [5.41, 5.74) is 6.13. The summed E-state index contributed by atoms with van der Waals surface area (Å²) in [5, 5.41) is 9.95. The molecular weight excluding hydrogens is 340 g/mol. The van der Waals surface area contributed by atoms with Crippen molar-refractivity contribution >= 4 is 5.95 Å². The summed E-state index contributed by atoms with van der Waals surface area (Å²) in [6.45, 7) is 5.63. The zero-order chi connectivity index (χ0) is 19.7. The molecule has 6 nitrogen and oxygen atoms in total. The third kappa shape index (κ3) is 10.9. The highest BCUT2D eigenvalue weighted by molar-refractivity contribution is 5.21. The van der Waals surface area contributed by atoms with Crippen molar-refractivity contribution in [3.05, 3.63) is 11.6 Å². The number of rotatable bonds is 16. The maximum Gasteiger partial charge on any atom is 0.239 e. The standard InChI is InChI=1S/C21H40N4O2/c1-3-5-7-8-9-10-11-12-13-14-15-16-23-19-18-20(27-17-6-4-2)24-21(22)25(19)26/h18,26H,3-17H2,1-2H3,(H2,22,24). The number of nitrogens with two attached hydrogens (primary N) is 1. The van der Waals surface area contributed by atoms with Gasteiger partial charge in [0, 0.05) is 12.6 Å². The Morgan fingerprint density at radius 1 is 0.926 bits per heavy atom. The van der Waals surface area contributed by atoms with E-state index in [1.807, 2.05) is 0 Å². The monoisotopic (exact) mass is 380 g/mol. The highest BCUT2D eigenvalue weighted by atomic mass is 16.5. The maximum atomic E-state index is 9.95. The molecule has 156 valence electrons. The number of hydrogen-bond acceptors (Lipinski definition) is 5. The maximum absolute atomic E-state index is 9.95. The van der Waals surface area contributed by atoms with Gasteiger partial charge in [0.15, 0.2) is 5.49 Å². The summed E-state index contributed by atoms with van der Waals surface area (Å²) < 4.78 is 6.39. The lowest BCUT2D eigenvalue weighted by atomic mass is 10.1. The van der Waals surface area contributed by atoms with Crippen molar-refractivity contribution in [3.8, 4) is 5.88 Å². The van der Waals surface area contributed by atoms with E-state index in [1.165, 1.54) is 64.2 Å². The first-order valence-corrected chi connectivity index (χ1v) is 10.9. The van der Waals surface area contributed by atoms with Crippen molar-refractivity contribution in [1.29, 1.82) is 0 Å². The van der Waals surface area contributed by atoms with Gasteiger partial charge >= 0.3 is 0 Å². The first kappa shape index (κ1) is 23.3. The molecule has 0 spiro atoms. The number of hydrogen-bond donors (Lipinski definition) is 2. The number of nitrogen functional groups attached to an aromatic ring is 1. The molecule has 3 N–H and O–H groups in total. The van der Waals surface area contributed by atoms with Gasteiger partial charge in [-0.1, -0.05) is 84.5 Å². The summed E-state index contributed by atoms with van der Waals surface area (Å²) in [7, 11) is 0. The smallest absolute Gasteiger partial charge is 0.239 e. The Morgan fingerprint density at radius 2 is 1.48 bits per heavy atom. The largest absolute Gasteiger partial charge is 0.477 e. The molecule has 0 radical (unpaired) electrons. The Labute approximate surface area is 164 Å². The molecule has 0 atom stereocenters. The second-order valence-electron chi connectivity index (χ2n) is 7.24. The average Bonchev–Trinajstić information content (AvgIpc) is 2.66. The fourth-order valence-corrected chi connectivity index (χ4v) is 2.96. The second kappa shape index (κ2) is 15.3. The topological polar surface area (TPSA) is 85.7 Å². The Morgan fingerprint density at radius 3 is 2.07 bits per heavy atom. The summed E-state index contributed by atoms with van der Waals surface area (Å²) >= 11 is 0. The SMILES string of the molecule is CCCCCCCCCCCCCN=c1cc(OCCCC)nc(N)n1O. The van der Waals surface area contributed by atoms with Gasteiger partial charge in [0.25, 0.3) is 0 Å². The Kier molecular flexibility index (Phi) is 13.3. The van der Waals surface area contributed by atoms with Crippen molar-refractivity contribution in [2.75, 3.05) is 18.9 Å². The minimum Gasteiger partial charge on any atom is -0.477 e. The molecule has 1 heterocycles. The van der Waals surface area contributed by atoms with Crippen LogP contribution in [-0.2, 0) is 0 Å². The number of anilines is 1. The van der Waals surface area contributed by atoms with Crippen molar-refractivity contribution in [2.24, 2.45) is 4.99 Å². The highest BCUT2D eigenvalue weighted by Gasteiger charge is 2.04. The summed E-state index contributed by atoms with van der Waals surface area (Å²) in [6.07, 6.45) is 16.4. The van der Waals surface area contributed by atoms with Gasteiger partial charge in [0.2, 0.25) is 11.8 Å². The number of unbranched alkanes of at least 4 members (excludes halogenated alkanes) is 11. The van der Waals surface area contributed by atoms with Gasteiger partial charge in [-0.15, -0.1) is 4.73 Å². The Balaban J connectivity index is 2.22. The van der Waals surface area contributed by atoms with Gasteiger partial charge in [0.1, 0.15) is 0 Å². The summed E-state index contributed by atoms with van der Waals surface area (Å²) in [6, 6.07) is 1.64. The van der Waals surface area contributed by atoms with Crippen LogP contribution in [0.4, 0.5) is 5.95 Å². The number of aromatic nitrogens is 2. The van der Waals surface area contributed by atoms with E-state index in [2.05, 4.69) is 23.8 Å². The van der Waals surface area contributed by atoms with Crippen LogP contribution in [0.15, 0.2) is 11.1 Å². The van der Waals surface area contributed by atoms with Crippen LogP contribution in [-0.4, -0.2) is 28.1 Å². The molecule has 0 fully saturated rings. The minimum absolute atomic E-state index is 0.00156. The molecular formula is C21H40N4O2. The molecule has 0 aromatic carbocycles. The van der Waals surface area contributed by atoms with E-state index in [0.29, 0.717) is 24.5 Å². The average molecular weight is 381 g/mol. The predicted molar refractivity (Wildman–Crippen MR) is 111 cm³/mol. The summed E-state index contributed by atoms with van der Waals surface area (Å²) in [5.74, 6) is 0.422. The second-order valence-corrected chi connectivity index (χ2v) is 7.24. The van der Waals surface area contributed by atoms with E-state index >= 15 is 0 Å². The molecule has 0 unspecified atom stereocenters. The van der Waals surface area contributed by atoms with E-state index in [1.54, 1.807) is 6.07 Å². The lowest BCUT2D eigenvalue weighted by Gasteiger charge is -2.07. The van der Waals surface area contributed by atoms with Crippen LogP contribution < -0.4 is 16.0 Å². The molecule has 0 aliphatic carbocycles. The fourth-order valence-electron chi connectivity index (χ4n) is 2.96. The van der Waals surface area contributed by atoms with Gasteiger partial charge < -0.3 is 15.7 Å². The van der Waals surface area contributed by atoms with Gasteiger partial charge in [-0.3, -0.25) is 4.99 Å². The lowest BCUT2D eigenvalue weighted by molar-refractivity contribution is 0.171. The number of ether oxygens (including phenoxy) is 1. The van der Waals surface area contributed by atoms with Crippen LogP contribution in [0, 0.1) is 0 Å². The minimum atomic E-state index is 0.00156. The van der Waals surface area contributed by atoms with Gasteiger partial charge in [-0.25, -0.2) is 0 Å². The molecule has 0 aliphatic heterocycles. The first-order chi connectivity index (χ1) is 13.2. The third-order valence-electron chi connectivity index (χ3n) is 4.69. The quantitative estimate of drug-likeness (QED) is 0.309. The molecule has 1 aromatic rings. The molecule has 6 heteroatoms. The van der Waals surface area contributed by atoms with Gasteiger partial charge in [-0.05, 0) is 12.8 Å². The van der Waals surface area contributed by atoms with Crippen LogP contribution in [0.25, 0.3) is 0 Å². The molecule has 1 rings (SSSR count). The normalized spacial score (nSPS) is 11.9. The molecule has 27 heavy (non-hydrogen) atoms. The van der Waals surface area contributed by atoms with Crippen LogP contribution in [0.5, 0.6) is 5.88 Å². The molecule has 0 aliphatic rings. The molecule has 0 bridgehead atoms. The van der Waals surface area contributed by atoms with E-state index in [9.17, 15) is 5.21 Å².